The zero-order valence-electron chi connectivity index (χ0n) is 15.3. The summed E-state index contributed by atoms with van der Waals surface area (Å²) < 4.78 is 0. The van der Waals surface area contributed by atoms with Gasteiger partial charge >= 0.3 is 0 Å². The summed E-state index contributed by atoms with van der Waals surface area (Å²) in [5.41, 5.74) is 3.56. The van der Waals surface area contributed by atoms with Gasteiger partial charge in [0.2, 0.25) is 0 Å². The Hall–Kier alpha value is -1.91. The van der Waals surface area contributed by atoms with E-state index < -0.39 is 0 Å². The number of rotatable bonds is 2. The van der Waals surface area contributed by atoms with Crippen molar-refractivity contribution < 1.29 is 5.11 Å². The third-order valence-electron chi connectivity index (χ3n) is 6.09. The highest BCUT2D eigenvalue weighted by Crippen LogP contribution is 2.52. The number of piperidine rings is 1. The van der Waals surface area contributed by atoms with Crippen LogP contribution in [0.3, 0.4) is 0 Å². The molecule has 0 unspecified atom stereocenters. The van der Waals surface area contributed by atoms with Gasteiger partial charge in [-0.05, 0) is 57.1 Å². The van der Waals surface area contributed by atoms with Crippen LogP contribution in [0.15, 0.2) is 42.5 Å². The fraction of sp³-hybridized carbons (Fsp3) is 0.476. The fourth-order valence-electron chi connectivity index (χ4n) is 4.81. The number of pyridine rings is 1. The molecule has 1 aliphatic heterocycles. The van der Waals surface area contributed by atoms with Gasteiger partial charge in [-0.15, -0.1) is 0 Å². The van der Waals surface area contributed by atoms with Crippen molar-refractivity contribution in [2.45, 2.75) is 37.3 Å². The number of aliphatic hydroxyl groups excluding tert-OH is 1. The lowest BCUT2D eigenvalue weighted by Crippen LogP contribution is -2.49. The van der Waals surface area contributed by atoms with E-state index in [-0.39, 0.29) is 17.6 Å². The van der Waals surface area contributed by atoms with E-state index in [0.717, 1.165) is 37.4 Å². The molecule has 1 aliphatic carbocycles. The standard InChI is InChI=1S/C21H27N3O/c1-15-7-6-10-18(22-15)24-13-11-21(12-14-24)17-9-5-4-8-16(17)19(20(21)25)23(2)3/h4-10,19-20,25H,11-14H2,1-3H3/t19-,20+/m1/s1. The maximum absolute atomic E-state index is 11.3. The van der Waals surface area contributed by atoms with Crippen LogP contribution in [-0.2, 0) is 5.41 Å². The van der Waals surface area contributed by atoms with Gasteiger partial charge in [-0.1, -0.05) is 30.3 Å². The van der Waals surface area contributed by atoms with Gasteiger partial charge in [0.1, 0.15) is 5.82 Å². The summed E-state index contributed by atoms with van der Waals surface area (Å²) in [7, 11) is 4.13. The van der Waals surface area contributed by atoms with Crippen LogP contribution in [0.25, 0.3) is 0 Å². The highest BCUT2D eigenvalue weighted by molar-refractivity contribution is 5.48. The van der Waals surface area contributed by atoms with Crippen molar-refractivity contribution in [1.29, 1.82) is 0 Å². The van der Waals surface area contributed by atoms with Gasteiger partial charge in [-0.3, -0.25) is 0 Å². The molecule has 1 N–H and O–H groups in total. The second-order valence-electron chi connectivity index (χ2n) is 7.72. The number of benzene rings is 1. The Kier molecular flexibility index (Phi) is 4.05. The Balaban J connectivity index is 1.64. The van der Waals surface area contributed by atoms with E-state index in [9.17, 15) is 5.11 Å². The van der Waals surface area contributed by atoms with Crippen molar-refractivity contribution in [2.75, 3.05) is 32.1 Å². The minimum atomic E-state index is -0.354. The first kappa shape index (κ1) is 16.6. The number of hydrogen-bond acceptors (Lipinski definition) is 4. The summed E-state index contributed by atoms with van der Waals surface area (Å²) in [5.74, 6) is 1.06. The number of aliphatic hydroxyl groups is 1. The molecule has 1 fully saturated rings. The third-order valence-corrected chi connectivity index (χ3v) is 6.09. The molecule has 4 heteroatoms. The molecule has 4 nitrogen and oxygen atoms in total. The molecule has 2 atom stereocenters. The minimum absolute atomic E-state index is 0.0832. The van der Waals surface area contributed by atoms with E-state index in [1.165, 1.54) is 11.1 Å². The minimum Gasteiger partial charge on any atom is -0.390 e. The maximum Gasteiger partial charge on any atom is 0.128 e. The van der Waals surface area contributed by atoms with Crippen molar-refractivity contribution in [3.63, 3.8) is 0 Å². The maximum atomic E-state index is 11.3. The number of anilines is 1. The van der Waals surface area contributed by atoms with E-state index in [4.69, 9.17) is 0 Å². The molecule has 0 amide bonds. The molecule has 1 saturated heterocycles. The van der Waals surface area contributed by atoms with E-state index in [1.54, 1.807) is 0 Å². The van der Waals surface area contributed by atoms with Crippen LogP contribution >= 0.6 is 0 Å². The molecule has 0 radical (unpaired) electrons. The summed E-state index contributed by atoms with van der Waals surface area (Å²) in [6, 6.07) is 14.9. The first-order valence-corrected chi connectivity index (χ1v) is 9.15. The lowest BCUT2D eigenvalue weighted by molar-refractivity contribution is 0.0166. The Labute approximate surface area is 150 Å². The topological polar surface area (TPSA) is 39.6 Å². The number of likely N-dealkylation sites (N-methyl/N-ethyl adjacent to an activating group) is 1. The van der Waals surface area contributed by atoms with Gasteiger partial charge in [-0.2, -0.15) is 0 Å². The highest BCUT2D eigenvalue weighted by Gasteiger charge is 2.53. The molecule has 2 aromatic rings. The first-order chi connectivity index (χ1) is 12.0. The molecule has 25 heavy (non-hydrogen) atoms. The molecule has 0 saturated carbocycles. The zero-order chi connectivity index (χ0) is 17.6. The quantitative estimate of drug-likeness (QED) is 0.915. The summed E-state index contributed by atoms with van der Waals surface area (Å²) in [6.45, 7) is 3.90. The number of hydrogen-bond donors (Lipinski definition) is 1. The van der Waals surface area contributed by atoms with Gasteiger partial charge in [0.25, 0.3) is 0 Å². The first-order valence-electron chi connectivity index (χ1n) is 9.15. The largest absolute Gasteiger partial charge is 0.390 e. The van der Waals surface area contributed by atoms with Crippen molar-refractivity contribution >= 4 is 5.82 Å². The average Bonchev–Trinajstić information content (AvgIpc) is 2.85. The highest BCUT2D eigenvalue weighted by atomic mass is 16.3. The predicted molar refractivity (Wildman–Crippen MR) is 101 cm³/mol. The third kappa shape index (κ3) is 2.55. The predicted octanol–water partition coefficient (Wildman–Crippen LogP) is 2.91. The fourth-order valence-corrected chi connectivity index (χ4v) is 4.81. The van der Waals surface area contributed by atoms with Crippen molar-refractivity contribution in [2.24, 2.45) is 0 Å². The molecule has 132 valence electrons. The Morgan fingerprint density at radius 1 is 1.08 bits per heavy atom. The molecule has 4 rings (SSSR count). The number of aromatic nitrogens is 1. The monoisotopic (exact) mass is 337 g/mol. The average molecular weight is 337 g/mol. The van der Waals surface area contributed by atoms with Crippen molar-refractivity contribution in [3.8, 4) is 0 Å². The Morgan fingerprint density at radius 3 is 2.48 bits per heavy atom. The van der Waals surface area contributed by atoms with Crippen LogP contribution in [0.4, 0.5) is 5.82 Å². The Morgan fingerprint density at radius 2 is 1.80 bits per heavy atom. The number of nitrogens with zero attached hydrogens (tertiary/aromatic N) is 3. The van der Waals surface area contributed by atoms with E-state index in [0.29, 0.717) is 0 Å². The molecule has 0 bridgehead atoms. The van der Waals surface area contributed by atoms with Crippen molar-refractivity contribution in [1.82, 2.24) is 9.88 Å². The zero-order valence-corrected chi connectivity index (χ0v) is 15.3. The van der Waals surface area contributed by atoms with E-state index >= 15 is 0 Å². The summed E-state index contributed by atoms with van der Waals surface area (Å²) >= 11 is 0. The lowest BCUT2D eigenvalue weighted by atomic mass is 9.72. The van der Waals surface area contributed by atoms with Gasteiger partial charge in [0.05, 0.1) is 12.1 Å². The Bertz CT molecular complexity index is 765. The van der Waals surface area contributed by atoms with Crippen LogP contribution in [0.2, 0.25) is 0 Å². The number of aryl methyl sites for hydroxylation is 1. The van der Waals surface area contributed by atoms with Gasteiger partial charge < -0.3 is 14.9 Å². The normalized spacial score (nSPS) is 24.8. The molecular formula is C21H27N3O. The molecule has 2 aliphatic rings. The summed E-state index contributed by atoms with van der Waals surface area (Å²) in [5, 5.41) is 11.3. The summed E-state index contributed by atoms with van der Waals surface area (Å²) in [4.78, 5) is 9.19. The van der Waals surface area contributed by atoms with Crippen LogP contribution in [0.1, 0.15) is 35.7 Å². The number of fused-ring (bicyclic) bond motifs is 2. The molecule has 1 spiro atoms. The van der Waals surface area contributed by atoms with Crippen LogP contribution in [-0.4, -0.2) is 48.3 Å². The molecule has 1 aromatic heterocycles. The molecular weight excluding hydrogens is 310 g/mol. The van der Waals surface area contributed by atoms with E-state index in [2.05, 4.69) is 65.3 Å². The van der Waals surface area contributed by atoms with Gasteiger partial charge in [0, 0.05) is 24.2 Å². The van der Waals surface area contributed by atoms with Gasteiger partial charge in [-0.25, -0.2) is 4.98 Å². The lowest BCUT2D eigenvalue weighted by Gasteiger charge is -2.43. The second-order valence-corrected chi connectivity index (χ2v) is 7.72. The van der Waals surface area contributed by atoms with Crippen LogP contribution in [0.5, 0.6) is 0 Å². The van der Waals surface area contributed by atoms with Gasteiger partial charge in [0.15, 0.2) is 0 Å². The van der Waals surface area contributed by atoms with Crippen LogP contribution in [0, 0.1) is 6.92 Å². The molecule has 1 aromatic carbocycles. The smallest absolute Gasteiger partial charge is 0.128 e. The summed E-state index contributed by atoms with van der Waals surface area (Å²) in [6.07, 6.45) is 1.57. The van der Waals surface area contributed by atoms with Crippen LogP contribution < -0.4 is 4.90 Å². The van der Waals surface area contributed by atoms with E-state index in [1.807, 2.05) is 13.0 Å². The second kappa shape index (κ2) is 6.11. The van der Waals surface area contributed by atoms with Crippen molar-refractivity contribution in [3.05, 3.63) is 59.3 Å². The SMILES string of the molecule is Cc1cccc(N2CCC3(CC2)c2ccccc2[C@@H](N(C)C)[C@@H]3O)n1. The molecule has 2 heterocycles.